The summed E-state index contributed by atoms with van der Waals surface area (Å²) in [5.41, 5.74) is 5.16. The van der Waals surface area contributed by atoms with E-state index in [1.807, 2.05) is 30.5 Å². The Kier molecular flexibility index (Phi) is 8.42. The molecule has 1 aromatic carbocycles. The molecule has 2 N–H and O–H groups in total. The van der Waals surface area contributed by atoms with Crippen LogP contribution in [0.2, 0.25) is 0 Å². The minimum atomic E-state index is 0.656. The first-order valence-corrected chi connectivity index (χ1v) is 11.0. The summed E-state index contributed by atoms with van der Waals surface area (Å²) < 4.78 is 5.13. The van der Waals surface area contributed by atoms with Crippen LogP contribution in [0.3, 0.4) is 0 Å². The molecule has 1 aliphatic carbocycles. The smallest absolute Gasteiger partial charge is 0.152 e. The Bertz CT molecular complexity index is 959. The van der Waals surface area contributed by atoms with Gasteiger partial charge in [-0.15, -0.1) is 0 Å². The number of hydrogen-bond donors (Lipinski definition) is 2. The molecule has 3 aromatic rings. The van der Waals surface area contributed by atoms with E-state index in [1.54, 1.807) is 19.5 Å². The molecule has 164 valence electrons. The van der Waals surface area contributed by atoms with Crippen LogP contribution in [0.15, 0.2) is 55.0 Å². The third kappa shape index (κ3) is 6.28. The van der Waals surface area contributed by atoms with Gasteiger partial charge in [0.2, 0.25) is 0 Å². The van der Waals surface area contributed by atoms with Crippen LogP contribution in [-0.4, -0.2) is 37.0 Å². The highest BCUT2D eigenvalue weighted by Crippen LogP contribution is 2.35. The molecule has 4 rings (SSSR count). The summed E-state index contributed by atoms with van der Waals surface area (Å²) in [5.74, 6) is 2.45. The molecule has 0 saturated heterocycles. The van der Waals surface area contributed by atoms with Gasteiger partial charge >= 0.3 is 0 Å². The Hall–Kier alpha value is -2.92. The highest BCUT2D eigenvalue weighted by atomic mass is 16.5. The highest BCUT2D eigenvalue weighted by molar-refractivity contribution is 5.87. The molecular formula is C26H33N3O2. The molecule has 1 aliphatic rings. The number of aromatic amines is 1. The lowest BCUT2D eigenvalue weighted by Crippen LogP contribution is -2.23. The Morgan fingerprint density at radius 3 is 2.65 bits per heavy atom. The first kappa shape index (κ1) is 22.8. The number of carbonyl (C=O) groups is 1. The fourth-order valence-electron chi connectivity index (χ4n) is 4.32. The fraction of sp³-hybridized carbons (Fsp3) is 0.385. The van der Waals surface area contributed by atoms with Crippen molar-refractivity contribution < 1.29 is 9.53 Å². The van der Waals surface area contributed by atoms with E-state index in [9.17, 15) is 4.79 Å². The molecule has 0 radical (unpaired) electrons. The summed E-state index contributed by atoms with van der Waals surface area (Å²) >= 11 is 0. The molecule has 31 heavy (non-hydrogen) atoms. The zero-order valence-corrected chi connectivity index (χ0v) is 18.7. The van der Waals surface area contributed by atoms with Gasteiger partial charge < -0.3 is 15.0 Å². The second-order valence-electron chi connectivity index (χ2n) is 8.18. The summed E-state index contributed by atoms with van der Waals surface area (Å²) in [5, 5.41) is 3.29. The number of rotatable bonds is 6. The Labute approximate surface area is 185 Å². The molecule has 0 unspecified atom stereocenters. The van der Waals surface area contributed by atoms with E-state index >= 15 is 0 Å². The van der Waals surface area contributed by atoms with Crippen LogP contribution >= 0.6 is 0 Å². The third-order valence-corrected chi connectivity index (χ3v) is 6.02. The normalized spacial score (nSPS) is 18.0. The molecule has 2 aromatic heterocycles. The number of aromatic nitrogens is 2. The monoisotopic (exact) mass is 419 g/mol. The number of nitrogens with zero attached hydrogens (tertiary/aromatic N) is 1. The number of H-pyrrole nitrogens is 1. The Balaban J connectivity index is 0.000000176. The molecule has 0 bridgehead atoms. The average molecular weight is 420 g/mol. The third-order valence-electron chi connectivity index (χ3n) is 6.02. The van der Waals surface area contributed by atoms with Crippen LogP contribution in [0.1, 0.15) is 53.2 Å². The summed E-state index contributed by atoms with van der Waals surface area (Å²) in [4.78, 5) is 17.9. The van der Waals surface area contributed by atoms with E-state index in [2.05, 4.69) is 41.4 Å². The van der Waals surface area contributed by atoms with Crippen LogP contribution in [0, 0.1) is 12.8 Å². The van der Waals surface area contributed by atoms with Crippen molar-refractivity contribution in [2.75, 3.05) is 20.7 Å². The van der Waals surface area contributed by atoms with Gasteiger partial charge in [0.1, 0.15) is 5.75 Å². The Morgan fingerprint density at radius 2 is 1.97 bits per heavy atom. The van der Waals surface area contributed by atoms with Gasteiger partial charge in [-0.1, -0.05) is 12.1 Å². The van der Waals surface area contributed by atoms with Crippen LogP contribution in [0.4, 0.5) is 0 Å². The van der Waals surface area contributed by atoms with Crippen molar-refractivity contribution in [1.82, 2.24) is 15.3 Å². The van der Waals surface area contributed by atoms with Crippen molar-refractivity contribution in [2.24, 2.45) is 5.92 Å². The molecule has 0 spiro atoms. The van der Waals surface area contributed by atoms with E-state index < -0.39 is 0 Å². The average Bonchev–Trinajstić information content (AvgIpc) is 3.29. The van der Waals surface area contributed by atoms with Crippen molar-refractivity contribution in [3.63, 3.8) is 0 Å². The molecule has 0 amide bonds. The number of methoxy groups -OCH3 is 1. The van der Waals surface area contributed by atoms with Crippen molar-refractivity contribution in [2.45, 2.75) is 38.5 Å². The number of aryl methyl sites for hydroxylation is 1. The number of benzene rings is 1. The lowest BCUT2D eigenvalue weighted by molar-refractivity contribution is 0.112. The second kappa shape index (κ2) is 11.5. The lowest BCUT2D eigenvalue weighted by Gasteiger charge is -2.28. The maximum atomic E-state index is 10.8. The molecule has 1 saturated carbocycles. The van der Waals surface area contributed by atoms with Crippen LogP contribution < -0.4 is 10.1 Å². The van der Waals surface area contributed by atoms with Gasteiger partial charge in [0, 0.05) is 35.4 Å². The van der Waals surface area contributed by atoms with E-state index in [4.69, 9.17) is 4.74 Å². The molecule has 5 heteroatoms. The van der Waals surface area contributed by atoms with Crippen LogP contribution in [0.25, 0.3) is 11.1 Å². The highest BCUT2D eigenvalue weighted by Gasteiger charge is 2.21. The van der Waals surface area contributed by atoms with Gasteiger partial charge in [-0.05, 0) is 93.4 Å². The number of nitrogens with one attached hydrogen (secondary N) is 2. The summed E-state index contributed by atoms with van der Waals surface area (Å²) in [6, 6.07) is 12.1. The number of pyridine rings is 1. The van der Waals surface area contributed by atoms with Crippen LogP contribution in [0.5, 0.6) is 5.75 Å². The lowest BCUT2D eigenvalue weighted by atomic mass is 9.79. The predicted octanol–water partition coefficient (Wildman–Crippen LogP) is 5.39. The van der Waals surface area contributed by atoms with Crippen molar-refractivity contribution in [3.8, 4) is 16.9 Å². The molecule has 2 heterocycles. The van der Waals surface area contributed by atoms with Gasteiger partial charge in [-0.2, -0.15) is 0 Å². The summed E-state index contributed by atoms with van der Waals surface area (Å²) in [6.07, 6.45) is 11.7. The minimum Gasteiger partial charge on any atom is -0.497 e. The number of hydrogen-bond acceptors (Lipinski definition) is 4. The summed E-state index contributed by atoms with van der Waals surface area (Å²) in [7, 11) is 3.68. The van der Waals surface area contributed by atoms with E-state index in [1.165, 1.54) is 37.8 Å². The van der Waals surface area contributed by atoms with Crippen molar-refractivity contribution >= 4 is 6.29 Å². The standard InChI is InChI=1S/C14H22N2.C12H11NO2/c1-11-9-14(7-8-16-11)13-5-3-12(4-6-13)10-15-2;1-15-11-4-2-3-9(5-11)12-7-13-6-10(12)8-14/h7-9,12-13,15H,3-6,10H2,1-2H3;2-8,13H,1H3. The summed E-state index contributed by atoms with van der Waals surface area (Å²) in [6.45, 7) is 3.26. The largest absolute Gasteiger partial charge is 0.497 e. The maximum absolute atomic E-state index is 10.8. The van der Waals surface area contributed by atoms with Gasteiger partial charge in [0.05, 0.1) is 7.11 Å². The molecular weight excluding hydrogens is 386 g/mol. The Morgan fingerprint density at radius 1 is 1.16 bits per heavy atom. The molecule has 0 atom stereocenters. The van der Waals surface area contributed by atoms with Gasteiger partial charge in [-0.25, -0.2) is 0 Å². The van der Waals surface area contributed by atoms with Crippen LogP contribution in [-0.2, 0) is 0 Å². The fourth-order valence-corrected chi connectivity index (χ4v) is 4.32. The van der Waals surface area contributed by atoms with E-state index in [-0.39, 0.29) is 0 Å². The van der Waals surface area contributed by atoms with E-state index in [0.29, 0.717) is 5.56 Å². The van der Waals surface area contributed by atoms with Gasteiger partial charge in [0.25, 0.3) is 0 Å². The number of ether oxygens (including phenoxy) is 1. The molecule has 1 fully saturated rings. The molecule has 5 nitrogen and oxygen atoms in total. The van der Waals surface area contributed by atoms with Gasteiger partial charge in [-0.3, -0.25) is 9.78 Å². The predicted molar refractivity (Wildman–Crippen MR) is 126 cm³/mol. The topological polar surface area (TPSA) is 67.0 Å². The quantitative estimate of drug-likeness (QED) is 0.526. The first-order valence-electron chi connectivity index (χ1n) is 11.0. The number of aldehydes is 1. The van der Waals surface area contributed by atoms with Crippen molar-refractivity contribution in [1.29, 1.82) is 0 Å². The number of carbonyl (C=O) groups excluding carboxylic acids is 1. The minimum absolute atomic E-state index is 0.656. The van der Waals surface area contributed by atoms with Crippen molar-refractivity contribution in [3.05, 3.63) is 71.8 Å². The SMILES string of the molecule is CNCC1CCC(c2ccnc(C)c2)CC1.COc1cccc(-c2c[nH]cc2C=O)c1. The first-order chi connectivity index (χ1) is 15.1. The van der Waals surface area contributed by atoms with Gasteiger partial charge in [0.15, 0.2) is 6.29 Å². The zero-order chi connectivity index (χ0) is 22.1. The zero-order valence-electron chi connectivity index (χ0n) is 18.7. The molecule has 0 aliphatic heterocycles. The van der Waals surface area contributed by atoms with E-state index in [0.717, 1.165) is 40.7 Å². The maximum Gasteiger partial charge on any atom is 0.152 e. The second-order valence-corrected chi connectivity index (χ2v) is 8.18.